The van der Waals surface area contributed by atoms with Crippen LogP contribution in [0.5, 0.6) is 0 Å². The molecule has 0 aromatic heterocycles. The number of unbranched alkanes of at least 4 members (excludes halogenated alkanes) is 2. The van der Waals surface area contributed by atoms with Crippen LogP contribution in [0, 0.1) is 0 Å². The first kappa shape index (κ1) is 21.8. The molecule has 0 aromatic carbocycles. The first-order valence-electron chi connectivity index (χ1n) is 9.23. The van der Waals surface area contributed by atoms with E-state index >= 15 is 0 Å². The Hall–Kier alpha value is -0.160. The first-order chi connectivity index (χ1) is 10.5. The van der Waals surface area contributed by atoms with Crippen molar-refractivity contribution < 1.29 is 0 Å². The van der Waals surface area contributed by atoms with Crippen LogP contribution in [0.1, 0.15) is 39.5 Å². The molecule has 0 atom stereocenters. The SMILES string of the molecule is CCCCN(CCN(C)C)CCN(CCCC)CCN(C)C. The summed E-state index contributed by atoms with van der Waals surface area (Å²) in [7, 11) is 8.68. The average Bonchev–Trinajstić information content (AvgIpc) is 2.47. The standard InChI is InChI=1S/C18H42N4/c1-7-9-11-21(15-13-19(3)4)17-18-22(12-10-8-2)16-14-20(5)6/h7-18H2,1-6H3. The van der Waals surface area contributed by atoms with E-state index in [4.69, 9.17) is 0 Å². The Labute approximate surface area is 140 Å². The van der Waals surface area contributed by atoms with Crippen molar-refractivity contribution in [2.75, 3.05) is 80.5 Å². The second kappa shape index (κ2) is 14.4. The molecule has 0 spiro atoms. The van der Waals surface area contributed by atoms with E-state index in [0.717, 1.165) is 13.1 Å². The fraction of sp³-hybridized carbons (Fsp3) is 1.00. The maximum Gasteiger partial charge on any atom is 0.0110 e. The molecular weight excluding hydrogens is 272 g/mol. The molecular formula is C18H42N4. The van der Waals surface area contributed by atoms with Gasteiger partial charge in [0.25, 0.3) is 0 Å². The zero-order valence-electron chi connectivity index (χ0n) is 16.3. The van der Waals surface area contributed by atoms with E-state index in [1.165, 1.54) is 65.0 Å². The highest BCUT2D eigenvalue weighted by Crippen LogP contribution is 2.00. The Morgan fingerprint density at radius 1 is 0.455 bits per heavy atom. The van der Waals surface area contributed by atoms with E-state index in [9.17, 15) is 0 Å². The van der Waals surface area contributed by atoms with Crippen LogP contribution in [0.3, 0.4) is 0 Å². The van der Waals surface area contributed by atoms with Gasteiger partial charge in [-0.25, -0.2) is 0 Å². The van der Waals surface area contributed by atoms with Gasteiger partial charge in [-0.3, -0.25) is 0 Å². The van der Waals surface area contributed by atoms with E-state index in [0.29, 0.717) is 0 Å². The smallest absolute Gasteiger partial charge is 0.0110 e. The number of hydrogen-bond donors (Lipinski definition) is 0. The highest BCUT2D eigenvalue weighted by atomic mass is 15.2. The lowest BCUT2D eigenvalue weighted by Gasteiger charge is -2.29. The summed E-state index contributed by atoms with van der Waals surface area (Å²) in [5.41, 5.74) is 0. The van der Waals surface area contributed by atoms with Gasteiger partial charge in [-0.1, -0.05) is 26.7 Å². The van der Waals surface area contributed by atoms with Crippen molar-refractivity contribution in [3.8, 4) is 0 Å². The fourth-order valence-electron chi connectivity index (χ4n) is 2.40. The molecule has 0 saturated carbocycles. The first-order valence-corrected chi connectivity index (χ1v) is 9.23. The van der Waals surface area contributed by atoms with Crippen molar-refractivity contribution >= 4 is 0 Å². The molecule has 0 heterocycles. The third-order valence-corrected chi connectivity index (χ3v) is 4.12. The van der Waals surface area contributed by atoms with Gasteiger partial charge in [0.05, 0.1) is 0 Å². The lowest BCUT2D eigenvalue weighted by molar-refractivity contribution is 0.179. The molecule has 0 fully saturated rings. The molecule has 0 unspecified atom stereocenters. The number of likely N-dealkylation sites (N-methyl/N-ethyl adjacent to an activating group) is 2. The minimum absolute atomic E-state index is 1.16. The van der Waals surface area contributed by atoms with Crippen molar-refractivity contribution in [2.45, 2.75) is 39.5 Å². The second-order valence-corrected chi connectivity index (χ2v) is 7.00. The highest BCUT2D eigenvalue weighted by molar-refractivity contribution is 4.66. The van der Waals surface area contributed by atoms with Crippen LogP contribution in [0.2, 0.25) is 0 Å². The van der Waals surface area contributed by atoms with Crippen molar-refractivity contribution in [2.24, 2.45) is 0 Å². The van der Waals surface area contributed by atoms with Gasteiger partial charge in [0.2, 0.25) is 0 Å². The Bertz CT molecular complexity index is 207. The van der Waals surface area contributed by atoms with E-state index < -0.39 is 0 Å². The van der Waals surface area contributed by atoms with Gasteiger partial charge in [0.15, 0.2) is 0 Å². The summed E-state index contributed by atoms with van der Waals surface area (Å²) < 4.78 is 0. The minimum atomic E-state index is 1.16. The Morgan fingerprint density at radius 2 is 0.773 bits per heavy atom. The van der Waals surface area contributed by atoms with Gasteiger partial charge in [0, 0.05) is 39.3 Å². The van der Waals surface area contributed by atoms with E-state index in [1.54, 1.807) is 0 Å². The summed E-state index contributed by atoms with van der Waals surface area (Å²) in [6.45, 7) is 14.2. The summed E-state index contributed by atoms with van der Waals surface area (Å²) >= 11 is 0. The van der Waals surface area contributed by atoms with Crippen LogP contribution in [0.4, 0.5) is 0 Å². The van der Waals surface area contributed by atoms with Crippen LogP contribution in [0.15, 0.2) is 0 Å². The lowest BCUT2D eigenvalue weighted by Crippen LogP contribution is -2.41. The average molecular weight is 315 g/mol. The largest absolute Gasteiger partial charge is 0.308 e. The number of hydrogen-bond acceptors (Lipinski definition) is 4. The molecule has 22 heavy (non-hydrogen) atoms. The van der Waals surface area contributed by atoms with E-state index in [2.05, 4.69) is 61.6 Å². The fourth-order valence-corrected chi connectivity index (χ4v) is 2.40. The number of rotatable bonds is 15. The van der Waals surface area contributed by atoms with Crippen LogP contribution in [-0.4, -0.2) is 100 Å². The van der Waals surface area contributed by atoms with Crippen LogP contribution < -0.4 is 0 Å². The third-order valence-electron chi connectivity index (χ3n) is 4.12. The Kier molecular flexibility index (Phi) is 14.3. The molecule has 0 N–H and O–H groups in total. The summed E-state index contributed by atoms with van der Waals surface area (Å²) in [6, 6.07) is 0. The lowest BCUT2D eigenvalue weighted by atomic mass is 10.3. The van der Waals surface area contributed by atoms with E-state index in [1.807, 2.05) is 0 Å². The summed E-state index contributed by atoms with van der Waals surface area (Å²) in [6.07, 6.45) is 5.22. The van der Waals surface area contributed by atoms with Gasteiger partial charge in [0.1, 0.15) is 0 Å². The Balaban J connectivity index is 4.24. The van der Waals surface area contributed by atoms with Gasteiger partial charge >= 0.3 is 0 Å². The molecule has 0 aliphatic rings. The molecule has 0 amide bonds. The topological polar surface area (TPSA) is 13.0 Å². The molecule has 0 aromatic rings. The maximum absolute atomic E-state index is 2.65. The molecule has 134 valence electrons. The predicted molar refractivity (Wildman–Crippen MR) is 99.8 cm³/mol. The van der Waals surface area contributed by atoms with Gasteiger partial charge in [-0.05, 0) is 54.1 Å². The quantitative estimate of drug-likeness (QED) is 0.460. The summed E-state index contributed by atoms with van der Waals surface area (Å²) in [4.78, 5) is 9.88. The summed E-state index contributed by atoms with van der Waals surface area (Å²) in [5.74, 6) is 0. The van der Waals surface area contributed by atoms with Crippen LogP contribution in [-0.2, 0) is 0 Å². The van der Waals surface area contributed by atoms with Crippen LogP contribution >= 0.6 is 0 Å². The molecule has 0 saturated heterocycles. The highest BCUT2D eigenvalue weighted by Gasteiger charge is 2.09. The predicted octanol–water partition coefficient (Wildman–Crippen LogP) is 2.31. The normalized spacial score (nSPS) is 12.3. The third kappa shape index (κ3) is 13.5. The van der Waals surface area contributed by atoms with Crippen LogP contribution in [0.25, 0.3) is 0 Å². The Morgan fingerprint density at radius 3 is 1.05 bits per heavy atom. The zero-order chi connectivity index (χ0) is 16.8. The second-order valence-electron chi connectivity index (χ2n) is 7.00. The molecule has 0 rings (SSSR count). The molecule has 0 aliphatic heterocycles. The molecule has 4 nitrogen and oxygen atoms in total. The van der Waals surface area contributed by atoms with Crippen molar-refractivity contribution in [1.82, 2.24) is 19.6 Å². The molecule has 0 aliphatic carbocycles. The van der Waals surface area contributed by atoms with Gasteiger partial charge < -0.3 is 19.6 Å². The van der Waals surface area contributed by atoms with Gasteiger partial charge in [-0.15, -0.1) is 0 Å². The van der Waals surface area contributed by atoms with Crippen molar-refractivity contribution in [1.29, 1.82) is 0 Å². The number of nitrogens with zero attached hydrogens (tertiary/aromatic N) is 4. The molecule has 0 radical (unpaired) electrons. The minimum Gasteiger partial charge on any atom is -0.308 e. The van der Waals surface area contributed by atoms with Crippen molar-refractivity contribution in [3.63, 3.8) is 0 Å². The molecule has 0 bridgehead atoms. The summed E-state index contributed by atoms with van der Waals surface area (Å²) in [5, 5.41) is 0. The molecule has 4 heteroatoms. The van der Waals surface area contributed by atoms with Crippen molar-refractivity contribution in [3.05, 3.63) is 0 Å². The van der Waals surface area contributed by atoms with Gasteiger partial charge in [-0.2, -0.15) is 0 Å². The monoisotopic (exact) mass is 314 g/mol. The zero-order valence-corrected chi connectivity index (χ0v) is 16.3. The maximum atomic E-state index is 2.65. The van der Waals surface area contributed by atoms with E-state index in [-0.39, 0.29) is 0 Å².